The first-order chi connectivity index (χ1) is 9.84. The van der Waals surface area contributed by atoms with E-state index in [1.54, 1.807) is 0 Å². The van der Waals surface area contributed by atoms with E-state index < -0.39 is 15.8 Å². The van der Waals surface area contributed by atoms with Gasteiger partial charge in [-0.2, -0.15) is 4.31 Å². The minimum Gasteiger partial charge on any atom is -0.383 e. The third kappa shape index (κ3) is 4.47. The quantitative estimate of drug-likeness (QED) is 0.789. The number of methoxy groups -OCH3 is 1. The van der Waals surface area contributed by atoms with Crippen LogP contribution >= 0.6 is 0 Å². The maximum atomic E-state index is 14.0. The lowest BCUT2D eigenvalue weighted by molar-refractivity contribution is 0.185. The zero-order valence-corrected chi connectivity index (χ0v) is 13.8. The van der Waals surface area contributed by atoms with Crippen LogP contribution < -0.4 is 5.32 Å². The Kier molecular flexibility index (Phi) is 6.73. The molecule has 0 spiro atoms. The molecule has 0 fully saturated rings. The molecule has 0 aliphatic heterocycles. The molecule has 1 rings (SSSR count). The van der Waals surface area contributed by atoms with Gasteiger partial charge in [-0.15, -0.1) is 0 Å². The molecule has 120 valence electrons. The average Bonchev–Trinajstić information content (AvgIpc) is 2.45. The van der Waals surface area contributed by atoms with E-state index in [9.17, 15) is 12.8 Å². The summed E-state index contributed by atoms with van der Waals surface area (Å²) >= 11 is 0. The Morgan fingerprint density at radius 3 is 2.62 bits per heavy atom. The van der Waals surface area contributed by atoms with Crippen LogP contribution in [0.1, 0.15) is 18.1 Å². The first-order valence-electron chi connectivity index (χ1n) is 6.79. The summed E-state index contributed by atoms with van der Waals surface area (Å²) in [6.07, 6.45) is 0. The summed E-state index contributed by atoms with van der Waals surface area (Å²) in [5.41, 5.74) is 0.748. The predicted octanol–water partition coefficient (Wildman–Crippen LogP) is 1.51. The lowest BCUT2D eigenvalue weighted by Crippen LogP contribution is -2.31. The molecule has 0 bridgehead atoms. The molecule has 0 radical (unpaired) electrons. The number of likely N-dealkylation sites (N-methyl/N-ethyl adjacent to an activating group) is 1. The molecule has 0 aliphatic carbocycles. The maximum Gasteiger partial charge on any atom is 0.243 e. The molecule has 0 amide bonds. The van der Waals surface area contributed by atoms with Crippen molar-refractivity contribution in [3.63, 3.8) is 0 Å². The molecular weight excluding hydrogens is 295 g/mol. The summed E-state index contributed by atoms with van der Waals surface area (Å²) in [7, 11) is -0.763. The number of hydrogen-bond donors (Lipinski definition) is 1. The largest absolute Gasteiger partial charge is 0.383 e. The van der Waals surface area contributed by atoms with Crippen LogP contribution in [0.15, 0.2) is 17.0 Å². The fourth-order valence-corrected chi connectivity index (χ4v) is 3.29. The van der Waals surface area contributed by atoms with Crippen molar-refractivity contribution in [1.29, 1.82) is 0 Å². The van der Waals surface area contributed by atoms with Gasteiger partial charge < -0.3 is 10.1 Å². The lowest BCUT2D eigenvalue weighted by atomic mass is 10.1. The van der Waals surface area contributed by atoms with E-state index in [1.165, 1.54) is 37.5 Å². The minimum absolute atomic E-state index is 0.00834. The van der Waals surface area contributed by atoms with Crippen molar-refractivity contribution in [1.82, 2.24) is 9.62 Å². The Hall–Kier alpha value is -1.02. The predicted molar refractivity (Wildman–Crippen MR) is 80.2 cm³/mol. The van der Waals surface area contributed by atoms with Crippen LogP contribution in [0.5, 0.6) is 0 Å². The summed E-state index contributed by atoms with van der Waals surface area (Å²) in [5.74, 6) is -0.510. The summed E-state index contributed by atoms with van der Waals surface area (Å²) in [4.78, 5) is 0.00834. The highest BCUT2D eigenvalue weighted by Gasteiger charge is 2.24. The highest BCUT2D eigenvalue weighted by atomic mass is 32.2. The number of nitrogens with one attached hydrogen (secondary N) is 1. The van der Waals surface area contributed by atoms with Crippen molar-refractivity contribution in [2.24, 2.45) is 0 Å². The van der Waals surface area contributed by atoms with Crippen molar-refractivity contribution in [2.75, 3.05) is 33.9 Å². The van der Waals surface area contributed by atoms with Gasteiger partial charge in [0.25, 0.3) is 0 Å². The van der Waals surface area contributed by atoms with E-state index in [2.05, 4.69) is 5.32 Å². The zero-order valence-electron chi connectivity index (χ0n) is 12.9. The fourth-order valence-electron chi connectivity index (χ4n) is 1.85. The number of rotatable bonds is 8. The van der Waals surface area contributed by atoms with Crippen molar-refractivity contribution in [3.05, 3.63) is 29.1 Å². The van der Waals surface area contributed by atoms with Gasteiger partial charge in [-0.1, -0.05) is 6.92 Å². The Balaban J connectivity index is 3.18. The zero-order chi connectivity index (χ0) is 16.0. The number of ether oxygens (including phenoxy) is 1. The van der Waals surface area contributed by atoms with E-state index in [1.807, 2.05) is 6.92 Å². The van der Waals surface area contributed by atoms with Gasteiger partial charge in [-0.05, 0) is 31.2 Å². The van der Waals surface area contributed by atoms with Gasteiger partial charge in [0.05, 0.1) is 11.5 Å². The third-order valence-electron chi connectivity index (χ3n) is 3.23. The molecule has 21 heavy (non-hydrogen) atoms. The van der Waals surface area contributed by atoms with Gasteiger partial charge >= 0.3 is 0 Å². The molecule has 0 saturated carbocycles. The Bertz CT molecular complexity index is 576. The monoisotopic (exact) mass is 318 g/mol. The van der Waals surface area contributed by atoms with Crippen LogP contribution in [0.2, 0.25) is 0 Å². The molecule has 1 N–H and O–H groups in total. The molecule has 0 atom stereocenters. The van der Waals surface area contributed by atoms with Crippen LogP contribution in [-0.4, -0.2) is 46.6 Å². The Morgan fingerprint density at radius 2 is 2.05 bits per heavy atom. The smallest absolute Gasteiger partial charge is 0.243 e. The normalized spacial score (nSPS) is 12.1. The first kappa shape index (κ1) is 18.0. The van der Waals surface area contributed by atoms with E-state index in [4.69, 9.17) is 4.74 Å². The number of benzene rings is 1. The number of halogens is 1. The molecular formula is C14H23FN2O3S. The number of hydrogen-bond acceptors (Lipinski definition) is 4. The molecule has 7 heteroatoms. The Labute approximate surface area is 126 Å². The van der Waals surface area contributed by atoms with E-state index >= 15 is 0 Å². The molecule has 1 aromatic carbocycles. The van der Waals surface area contributed by atoms with E-state index in [0.29, 0.717) is 12.1 Å². The lowest BCUT2D eigenvalue weighted by Gasteiger charge is -2.19. The molecule has 1 aromatic rings. The molecule has 0 heterocycles. The molecule has 0 saturated heterocycles. The topological polar surface area (TPSA) is 58.6 Å². The van der Waals surface area contributed by atoms with Crippen LogP contribution in [-0.2, 0) is 21.3 Å². The van der Waals surface area contributed by atoms with Gasteiger partial charge in [-0.25, -0.2) is 12.8 Å². The summed E-state index contributed by atoms with van der Waals surface area (Å²) in [5, 5.41) is 3.06. The second-order valence-electron chi connectivity index (χ2n) is 4.80. The molecule has 0 unspecified atom stereocenters. The van der Waals surface area contributed by atoms with Crippen molar-refractivity contribution >= 4 is 10.0 Å². The van der Waals surface area contributed by atoms with E-state index in [0.717, 1.165) is 6.54 Å². The minimum atomic E-state index is -3.73. The highest BCUT2D eigenvalue weighted by molar-refractivity contribution is 7.89. The summed E-state index contributed by atoms with van der Waals surface area (Å²) < 4.78 is 45.1. The Morgan fingerprint density at radius 1 is 1.38 bits per heavy atom. The average molecular weight is 318 g/mol. The third-order valence-corrected chi connectivity index (χ3v) is 5.22. The molecule has 0 aliphatic rings. The van der Waals surface area contributed by atoms with Crippen molar-refractivity contribution in [2.45, 2.75) is 25.3 Å². The van der Waals surface area contributed by atoms with Crippen LogP contribution in [0.4, 0.5) is 4.39 Å². The fraction of sp³-hybridized carbons (Fsp3) is 0.571. The van der Waals surface area contributed by atoms with Gasteiger partial charge in [0.2, 0.25) is 10.0 Å². The first-order valence-corrected chi connectivity index (χ1v) is 8.23. The summed E-state index contributed by atoms with van der Waals surface area (Å²) in [6, 6.07) is 2.89. The molecule has 0 aromatic heterocycles. The maximum absolute atomic E-state index is 14.0. The second-order valence-corrected chi connectivity index (χ2v) is 6.81. The second kappa shape index (κ2) is 7.84. The SMILES string of the molecule is CCNCc1cc(F)c(C)c(S(=O)(=O)N(C)CCOC)c1. The molecule has 5 nitrogen and oxygen atoms in total. The van der Waals surface area contributed by atoms with Crippen molar-refractivity contribution in [3.8, 4) is 0 Å². The van der Waals surface area contributed by atoms with Crippen molar-refractivity contribution < 1.29 is 17.5 Å². The van der Waals surface area contributed by atoms with Gasteiger partial charge in [-0.3, -0.25) is 0 Å². The highest BCUT2D eigenvalue weighted by Crippen LogP contribution is 2.23. The van der Waals surface area contributed by atoms with Crippen LogP contribution in [0, 0.1) is 12.7 Å². The van der Waals surface area contributed by atoms with Crippen LogP contribution in [0.25, 0.3) is 0 Å². The standard InChI is InChI=1S/C14H23FN2O3S/c1-5-16-10-12-8-13(15)11(2)14(9-12)21(18,19)17(3)6-7-20-4/h8-9,16H,5-7,10H2,1-4H3. The van der Waals surface area contributed by atoms with Gasteiger partial charge in [0, 0.05) is 32.8 Å². The van der Waals surface area contributed by atoms with Gasteiger partial charge in [0.15, 0.2) is 0 Å². The van der Waals surface area contributed by atoms with Gasteiger partial charge in [0.1, 0.15) is 5.82 Å². The van der Waals surface area contributed by atoms with Crippen LogP contribution in [0.3, 0.4) is 0 Å². The summed E-state index contributed by atoms with van der Waals surface area (Å²) in [6.45, 7) is 5.07. The van der Waals surface area contributed by atoms with E-state index in [-0.39, 0.29) is 23.6 Å². The number of nitrogens with zero attached hydrogens (tertiary/aromatic N) is 1. The number of sulfonamides is 1.